The molecule has 27 heavy (non-hydrogen) atoms. The summed E-state index contributed by atoms with van der Waals surface area (Å²) in [6, 6.07) is 6.87. The number of rotatable bonds is 3. The minimum Gasteiger partial charge on any atom is -0.317 e. The van der Waals surface area contributed by atoms with Gasteiger partial charge in [0.25, 0.3) is 0 Å². The SMILES string of the molecule is Cc1ccc(-n2c(C)c(C3=CCCCC3)c(C3=CCCCC3)c2C)c(C)c1. The van der Waals surface area contributed by atoms with Crippen LogP contribution in [0.4, 0.5) is 0 Å². The van der Waals surface area contributed by atoms with Crippen molar-refractivity contribution in [2.75, 3.05) is 0 Å². The van der Waals surface area contributed by atoms with E-state index in [9.17, 15) is 0 Å². The van der Waals surface area contributed by atoms with Gasteiger partial charge in [0.1, 0.15) is 0 Å². The van der Waals surface area contributed by atoms with Crippen molar-refractivity contribution in [1.82, 2.24) is 4.57 Å². The average Bonchev–Trinajstić information content (AvgIpc) is 2.94. The summed E-state index contributed by atoms with van der Waals surface area (Å²) in [6.45, 7) is 9.11. The number of benzene rings is 1. The Bertz CT molecular complexity index is 871. The van der Waals surface area contributed by atoms with E-state index in [0.717, 1.165) is 0 Å². The van der Waals surface area contributed by atoms with Gasteiger partial charge in [0.2, 0.25) is 0 Å². The Labute approximate surface area is 164 Å². The van der Waals surface area contributed by atoms with Crippen LogP contribution < -0.4 is 0 Å². The Kier molecular flexibility index (Phi) is 5.12. The van der Waals surface area contributed by atoms with Crippen molar-refractivity contribution in [2.24, 2.45) is 0 Å². The topological polar surface area (TPSA) is 4.93 Å². The highest BCUT2D eigenvalue weighted by molar-refractivity contribution is 5.84. The van der Waals surface area contributed by atoms with E-state index in [1.54, 1.807) is 22.3 Å². The largest absolute Gasteiger partial charge is 0.317 e. The fourth-order valence-electron chi connectivity index (χ4n) is 5.17. The van der Waals surface area contributed by atoms with E-state index in [0.29, 0.717) is 0 Å². The van der Waals surface area contributed by atoms with Gasteiger partial charge in [-0.15, -0.1) is 0 Å². The number of hydrogen-bond acceptors (Lipinski definition) is 0. The Morgan fingerprint density at radius 1 is 0.704 bits per heavy atom. The number of aryl methyl sites for hydroxylation is 2. The molecule has 1 nitrogen and oxygen atoms in total. The summed E-state index contributed by atoms with van der Waals surface area (Å²) < 4.78 is 2.53. The van der Waals surface area contributed by atoms with Crippen LogP contribution in [0.15, 0.2) is 30.4 Å². The molecule has 2 aliphatic carbocycles. The summed E-state index contributed by atoms with van der Waals surface area (Å²) in [7, 11) is 0. The molecule has 4 rings (SSSR count). The van der Waals surface area contributed by atoms with Gasteiger partial charge < -0.3 is 4.57 Å². The Morgan fingerprint density at radius 3 is 1.70 bits per heavy atom. The summed E-state index contributed by atoms with van der Waals surface area (Å²) in [4.78, 5) is 0. The summed E-state index contributed by atoms with van der Waals surface area (Å²) in [5.41, 5.74) is 13.2. The average molecular weight is 360 g/mol. The zero-order valence-electron chi connectivity index (χ0n) is 17.5. The third-order valence-electron chi connectivity index (χ3n) is 6.46. The summed E-state index contributed by atoms with van der Waals surface area (Å²) in [5, 5.41) is 0. The standard InChI is InChI=1S/C26H33N/c1-18-15-16-24(19(2)17-18)27-20(3)25(22-11-7-5-8-12-22)26(21(27)4)23-13-9-6-10-14-23/h11,13,15-17H,5-10,12,14H2,1-4H3. The van der Waals surface area contributed by atoms with E-state index in [4.69, 9.17) is 0 Å². The second-order valence-electron chi connectivity index (χ2n) is 8.50. The van der Waals surface area contributed by atoms with Crippen LogP contribution in [-0.2, 0) is 0 Å². The normalized spacial score (nSPS) is 17.6. The van der Waals surface area contributed by atoms with Gasteiger partial charge in [0, 0.05) is 28.2 Å². The maximum Gasteiger partial charge on any atom is 0.0484 e. The molecule has 0 atom stereocenters. The van der Waals surface area contributed by atoms with Crippen molar-refractivity contribution in [3.05, 3.63) is 64.0 Å². The molecule has 0 fully saturated rings. The summed E-state index contributed by atoms with van der Waals surface area (Å²) in [5.74, 6) is 0. The lowest BCUT2D eigenvalue weighted by Crippen LogP contribution is -2.03. The molecule has 0 amide bonds. The van der Waals surface area contributed by atoms with Crippen LogP contribution in [0.1, 0.15) is 85.0 Å². The Morgan fingerprint density at radius 2 is 1.26 bits per heavy atom. The predicted molar refractivity (Wildman–Crippen MR) is 118 cm³/mol. The molecule has 1 heteroatoms. The molecular formula is C26H33N. The highest BCUT2D eigenvalue weighted by Crippen LogP contribution is 2.42. The van der Waals surface area contributed by atoms with Crippen molar-refractivity contribution in [2.45, 2.75) is 79.1 Å². The molecule has 1 aromatic carbocycles. The first-order chi connectivity index (χ1) is 13.1. The van der Waals surface area contributed by atoms with Gasteiger partial charge in [-0.1, -0.05) is 29.8 Å². The highest BCUT2D eigenvalue weighted by atomic mass is 15.0. The molecule has 0 saturated carbocycles. The van der Waals surface area contributed by atoms with Crippen molar-refractivity contribution in [3.63, 3.8) is 0 Å². The molecule has 0 spiro atoms. The summed E-state index contributed by atoms with van der Waals surface area (Å²) in [6.07, 6.45) is 15.3. The lowest BCUT2D eigenvalue weighted by molar-refractivity contribution is 0.737. The first kappa shape index (κ1) is 18.3. The van der Waals surface area contributed by atoms with Crippen LogP contribution in [0.2, 0.25) is 0 Å². The van der Waals surface area contributed by atoms with Gasteiger partial charge in [-0.05, 0) is 102 Å². The van der Waals surface area contributed by atoms with E-state index in [-0.39, 0.29) is 0 Å². The lowest BCUT2D eigenvalue weighted by atomic mass is 9.85. The van der Waals surface area contributed by atoms with Gasteiger partial charge >= 0.3 is 0 Å². The van der Waals surface area contributed by atoms with Crippen LogP contribution in [0.25, 0.3) is 16.8 Å². The van der Waals surface area contributed by atoms with Crippen molar-refractivity contribution in [1.29, 1.82) is 0 Å². The van der Waals surface area contributed by atoms with E-state index >= 15 is 0 Å². The third kappa shape index (κ3) is 3.33. The molecule has 2 aromatic rings. The van der Waals surface area contributed by atoms with Crippen LogP contribution in [0.5, 0.6) is 0 Å². The van der Waals surface area contributed by atoms with Crippen molar-refractivity contribution in [3.8, 4) is 5.69 Å². The second-order valence-corrected chi connectivity index (χ2v) is 8.50. The lowest BCUT2D eigenvalue weighted by Gasteiger charge is -2.18. The number of nitrogens with zero attached hydrogens (tertiary/aromatic N) is 1. The van der Waals surface area contributed by atoms with E-state index in [1.165, 1.54) is 79.6 Å². The molecule has 0 N–H and O–H groups in total. The molecule has 1 heterocycles. The molecule has 0 unspecified atom stereocenters. The van der Waals surface area contributed by atoms with E-state index in [2.05, 4.69) is 62.6 Å². The van der Waals surface area contributed by atoms with Gasteiger partial charge in [-0.3, -0.25) is 0 Å². The van der Waals surface area contributed by atoms with Crippen molar-refractivity contribution >= 4 is 11.1 Å². The number of allylic oxidation sites excluding steroid dienone is 4. The minimum absolute atomic E-state index is 1.23. The minimum atomic E-state index is 1.23. The summed E-state index contributed by atoms with van der Waals surface area (Å²) >= 11 is 0. The predicted octanol–water partition coefficient (Wildman–Crippen LogP) is 7.63. The Hall–Kier alpha value is -2.02. The zero-order chi connectivity index (χ0) is 19.0. The number of hydrogen-bond donors (Lipinski definition) is 0. The molecule has 142 valence electrons. The molecule has 2 aliphatic rings. The molecule has 0 aliphatic heterocycles. The van der Waals surface area contributed by atoms with Crippen LogP contribution in [-0.4, -0.2) is 4.57 Å². The third-order valence-corrected chi connectivity index (χ3v) is 6.46. The van der Waals surface area contributed by atoms with Gasteiger partial charge in [0.15, 0.2) is 0 Å². The number of aromatic nitrogens is 1. The molecular weight excluding hydrogens is 326 g/mol. The fraction of sp³-hybridized carbons (Fsp3) is 0.462. The first-order valence-electron chi connectivity index (χ1n) is 10.8. The quantitative estimate of drug-likeness (QED) is 0.531. The second kappa shape index (κ2) is 7.54. The smallest absolute Gasteiger partial charge is 0.0484 e. The molecule has 0 bridgehead atoms. The molecule has 0 saturated heterocycles. The highest BCUT2D eigenvalue weighted by Gasteiger charge is 2.25. The van der Waals surface area contributed by atoms with Gasteiger partial charge in [0.05, 0.1) is 0 Å². The monoisotopic (exact) mass is 359 g/mol. The molecule has 0 radical (unpaired) electrons. The van der Waals surface area contributed by atoms with Crippen LogP contribution in [0, 0.1) is 27.7 Å². The van der Waals surface area contributed by atoms with Crippen molar-refractivity contribution < 1.29 is 0 Å². The molecule has 1 aromatic heterocycles. The van der Waals surface area contributed by atoms with Crippen LogP contribution >= 0.6 is 0 Å². The van der Waals surface area contributed by atoms with Gasteiger partial charge in [-0.25, -0.2) is 0 Å². The fourth-order valence-corrected chi connectivity index (χ4v) is 5.17. The maximum atomic E-state index is 2.53. The first-order valence-corrected chi connectivity index (χ1v) is 10.8. The van der Waals surface area contributed by atoms with E-state index in [1.807, 2.05) is 0 Å². The maximum absolute atomic E-state index is 2.53. The van der Waals surface area contributed by atoms with E-state index < -0.39 is 0 Å². The van der Waals surface area contributed by atoms with Gasteiger partial charge in [-0.2, -0.15) is 0 Å². The zero-order valence-corrected chi connectivity index (χ0v) is 17.5. The van der Waals surface area contributed by atoms with Crippen LogP contribution in [0.3, 0.4) is 0 Å². The Balaban J connectivity index is 1.97.